The Bertz CT molecular complexity index is 2860. The second-order valence-corrected chi connectivity index (χ2v) is 12.5. The molecular formula is C47H31NO. The second kappa shape index (κ2) is 11.6. The van der Waals surface area contributed by atoms with Gasteiger partial charge in [-0.25, -0.2) is 0 Å². The molecule has 2 nitrogen and oxygen atoms in total. The van der Waals surface area contributed by atoms with Crippen LogP contribution in [0.25, 0.3) is 101 Å². The van der Waals surface area contributed by atoms with Crippen LogP contribution < -0.4 is 10.4 Å². The largest absolute Gasteiger partial charge is 0.455 e. The van der Waals surface area contributed by atoms with Crippen LogP contribution in [0.3, 0.4) is 0 Å². The number of fused-ring (bicyclic) bond motifs is 5. The van der Waals surface area contributed by atoms with Crippen LogP contribution in [0.1, 0.15) is 0 Å². The third kappa shape index (κ3) is 4.77. The monoisotopic (exact) mass is 625 g/mol. The number of furan rings is 1. The fraction of sp³-hybridized carbons (Fsp3) is 0. The minimum atomic E-state index is 0.889. The lowest BCUT2D eigenvalue weighted by atomic mass is 9.87. The van der Waals surface area contributed by atoms with E-state index in [1.807, 2.05) is 18.2 Å². The summed E-state index contributed by atoms with van der Waals surface area (Å²) in [5.41, 5.74) is 10.6. The zero-order valence-electron chi connectivity index (χ0n) is 26.8. The van der Waals surface area contributed by atoms with E-state index in [1.165, 1.54) is 28.1 Å². The van der Waals surface area contributed by atoms with Crippen molar-refractivity contribution in [3.63, 3.8) is 0 Å². The number of rotatable bonds is 5. The number of hydrogen-bond acceptors (Lipinski definition) is 2. The predicted molar refractivity (Wildman–Crippen MR) is 208 cm³/mol. The van der Waals surface area contributed by atoms with Crippen LogP contribution in [0.2, 0.25) is 0 Å². The average molecular weight is 626 g/mol. The smallest absolute Gasteiger partial charge is 0.143 e. The summed E-state index contributed by atoms with van der Waals surface area (Å²) in [6.45, 7) is 4.67. The van der Waals surface area contributed by atoms with E-state index in [4.69, 9.17) is 9.83 Å². The molecule has 230 valence electrons. The van der Waals surface area contributed by atoms with Gasteiger partial charge in [0.15, 0.2) is 0 Å². The Hall–Kier alpha value is -6.51. The molecule has 8 aromatic carbocycles. The molecule has 0 aliphatic heterocycles. The van der Waals surface area contributed by atoms with E-state index in [9.17, 15) is 0 Å². The Kier molecular flexibility index (Phi) is 6.81. The lowest BCUT2D eigenvalue weighted by Gasteiger charge is -2.16. The van der Waals surface area contributed by atoms with E-state index in [0.717, 1.165) is 76.5 Å². The van der Waals surface area contributed by atoms with Crippen molar-refractivity contribution < 1.29 is 4.42 Å². The maximum atomic E-state index is 8.14. The maximum absolute atomic E-state index is 8.14. The van der Waals surface area contributed by atoms with Gasteiger partial charge in [-0.3, -0.25) is 0 Å². The summed E-state index contributed by atoms with van der Waals surface area (Å²) in [5, 5.41) is 16.9. The topological polar surface area (TPSA) is 37.0 Å². The van der Waals surface area contributed by atoms with Crippen molar-refractivity contribution in [2.75, 3.05) is 0 Å². The molecule has 1 N–H and O–H groups in total. The number of hydrogen-bond donors (Lipinski definition) is 1. The number of para-hydroxylation sites is 2. The van der Waals surface area contributed by atoms with Crippen LogP contribution in [0.4, 0.5) is 0 Å². The fourth-order valence-corrected chi connectivity index (χ4v) is 7.44. The van der Waals surface area contributed by atoms with Crippen molar-refractivity contribution in [3.05, 3.63) is 168 Å². The summed E-state index contributed by atoms with van der Waals surface area (Å²) in [5.74, 6) is 0. The minimum Gasteiger partial charge on any atom is -0.455 e. The standard InChI is InChI=1S/C47H31NO/c1-30-38(26-27-48)46(33-23-20-32(21-24-33)35-25-22-31-10-2-3-11-34(31)28-35)42-16-5-4-15-41(42)45(30)37-13-8-12-36(29-37)39-17-9-18-43-40-14-6-7-19-44(40)49-47(39)43/h2-29,48H,1H2/b38-26+,48-27?. The molecule has 0 amide bonds. The van der Waals surface area contributed by atoms with Gasteiger partial charge in [0.2, 0.25) is 0 Å². The molecule has 0 saturated heterocycles. The van der Waals surface area contributed by atoms with E-state index < -0.39 is 0 Å². The molecule has 2 heteroatoms. The first-order valence-corrected chi connectivity index (χ1v) is 16.5. The highest BCUT2D eigenvalue weighted by Gasteiger charge is 2.16. The fourth-order valence-electron chi connectivity index (χ4n) is 7.44. The van der Waals surface area contributed by atoms with Crippen molar-refractivity contribution >= 4 is 62.4 Å². The molecule has 0 radical (unpaired) electrons. The molecule has 0 aliphatic carbocycles. The molecule has 1 heterocycles. The molecule has 0 bridgehead atoms. The molecular weight excluding hydrogens is 595 g/mol. The van der Waals surface area contributed by atoms with E-state index >= 15 is 0 Å². The second-order valence-electron chi connectivity index (χ2n) is 12.5. The predicted octanol–water partition coefficient (Wildman–Crippen LogP) is 11.4. The van der Waals surface area contributed by atoms with Crippen LogP contribution in [0, 0.1) is 5.41 Å². The normalized spacial score (nSPS) is 12.0. The summed E-state index contributed by atoms with van der Waals surface area (Å²) in [7, 11) is 0. The van der Waals surface area contributed by atoms with Gasteiger partial charge in [0, 0.05) is 22.6 Å². The van der Waals surface area contributed by atoms with Gasteiger partial charge < -0.3 is 9.83 Å². The van der Waals surface area contributed by atoms with Crippen molar-refractivity contribution in [1.29, 1.82) is 5.41 Å². The zero-order valence-corrected chi connectivity index (χ0v) is 26.8. The minimum absolute atomic E-state index is 0.889. The molecule has 1 aromatic heterocycles. The molecule has 0 aliphatic rings. The van der Waals surface area contributed by atoms with Crippen LogP contribution in [-0.4, -0.2) is 6.21 Å². The zero-order chi connectivity index (χ0) is 32.9. The highest BCUT2D eigenvalue weighted by atomic mass is 16.3. The third-order valence-electron chi connectivity index (χ3n) is 9.73. The van der Waals surface area contributed by atoms with Crippen LogP contribution in [0.5, 0.6) is 0 Å². The summed E-state index contributed by atoms with van der Waals surface area (Å²) in [4.78, 5) is 0. The molecule has 0 fully saturated rings. The van der Waals surface area contributed by atoms with Crippen molar-refractivity contribution in [2.45, 2.75) is 0 Å². The van der Waals surface area contributed by atoms with E-state index in [2.05, 4.69) is 152 Å². The van der Waals surface area contributed by atoms with Gasteiger partial charge in [-0.15, -0.1) is 0 Å². The quantitative estimate of drug-likeness (QED) is 0.190. The lowest BCUT2D eigenvalue weighted by Crippen LogP contribution is -2.28. The average Bonchev–Trinajstić information content (AvgIpc) is 3.54. The van der Waals surface area contributed by atoms with Crippen molar-refractivity contribution in [2.24, 2.45) is 0 Å². The Balaban J connectivity index is 1.21. The molecule has 9 aromatic rings. The van der Waals surface area contributed by atoms with Gasteiger partial charge in [0.05, 0.1) is 0 Å². The van der Waals surface area contributed by atoms with Crippen LogP contribution >= 0.6 is 0 Å². The van der Waals surface area contributed by atoms with E-state index in [-0.39, 0.29) is 0 Å². The Morgan fingerprint density at radius 1 is 0.469 bits per heavy atom. The van der Waals surface area contributed by atoms with Gasteiger partial charge in [-0.1, -0.05) is 146 Å². The van der Waals surface area contributed by atoms with E-state index in [0.29, 0.717) is 0 Å². The molecule has 0 unspecified atom stereocenters. The first-order valence-electron chi connectivity index (χ1n) is 16.5. The Morgan fingerprint density at radius 3 is 1.92 bits per heavy atom. The molecule has 0 spiro atoms. The SMILES string of the molecule is C=c1c(-c2cccc(-c3cccc4c3oc3ccccc34)c2)c2ccccc2c(-c2ccc(-c3ccc4ccccc4c3)cc2)/c1=C/C=N. The van der Waals surface area contributed by atoms with Gasteiger partial charge in [-0.2, -0.15) is 0 Å². The van der Waals surface area contributed by atoms with Crippen molar-refractivity contribution in [1.82, 2.24) is 0 Å². The summed E-state index contributed by atoms with van der Waals surface area (Å²) < 4.78 is 6.41. The number of nitrogens with one attached hydrogen (secondary N) is 1. The summed E-state index contributed by atoms with van der Waals surface area (Å²) >= 11 is 0. The van der Waals surface area contributed by atoms with Crippen LogP contribution in [0.15, 0.2) is 162 Å². The maximum Gasteiger partial charge on any atom is 0.143 e. The summed E-state index contributed by atoms with van der Waals surface area (Å²) in [6, 6.07) is 55.6. The molecule has 0 saturated carbocycles. The molecule has 49 heavy (non-hydrogen) atoms. The van der Waals surface area contributed by atoms with Crippen molar-refractivity contribution in [3.8, 4) is 44.5 Å². The molecule has 9 rings (SSSR count). The molecule has 0 atom stereocenters. The Labute approximate surface area is 284 Å². The van der Waals surface area contributed by atoms with Gasteiger partial charge in [0.25, 0.3) is 0 Å². The van der Waals surface area contributed by atoms with Crippen LogP contribution in [-0.2, 0) is 0 Å². The lowest BCUT2D eigenvalue weighted by molar-refractivity contribution is 0.670. The van der Waals surface area contributed by atoms with Gasteiger partial charge in [0.1, 0.15) is 11.2 Å². The Morgan fingerprint density at radius 2 is 1.10 bits per heavy atom. The highest BCUT2D eigenvalue weighted by Crippen LogP contribution is 2.38. The number of benzene rings is 8. The first kappa shape index (κ1) is 28.7. The van der Waals surface area contributed by atoms with Gasteiger partial charge in [-0.05, 0) is 95.2 Å². The van der Waals surface area contributed by atoms with E-state index in [1.54, 1.807) is 0 Å². The first-order chi connectivity index (χ1) is 24.2. The summed E-state index contributed by atoms with van der Waals surface area (Å²) in [6.07, 6.45) is 3.25. The highest BCUT2D eigenvalue weighted by molar-refractivity contribution is 6.10. The third-order valence-corrected chi connectivity index (χ3v) is 9.73. The van der Waals surface area contributed by atoms with Gasteiger partial charge >= 0.3 is 0 Å².